The quantitative estimate of drug-likeness (QED) is 0.828. The highest BCUT2D eigenvalue weighted by molar-refractivity contribution is 5.80. The Labute approximate surface area is 100 Å². The van der Waals surface area contributed by atoms with Crippen molar-refractivity contribution in [3.8, 4) is 5.75 Å². The van der Waals surface area contributed by atoms with E-state index in [1.54, 1.807) is 27.1 Å². The van der Waals surface area contributed by atoms with Gasteiger partial charge in [-0.3, -0.25) is 4.79 Å². The minimum Gasteiger partial charge on any atom is -0.505 e. The van der Waals surface area contributed by atoms with Gasteiger partial charge in [-0.25, -0.2) is 4.39 Å². The second-order valence-corrected chi connectivity index (χ2v) is 4.12. The van der Waals surface area contributed by atoms with E-state index in [0.29, 0.717) is 12.1 Å². The van der Waals surface area contributed by atoms with Crippen LogP contribution in [0, 0.1) is 5.82 Å². The minimum absolute atomic E-state index is 0.0377. The first-order valence-corrected chi connectivity index (χ1v) is 5.33. The number of rotatable bonds is 4. The number of nitrogens with one attached hydrogen (secondary N) is 1. The van der Waals surface area contributed by atoms with Gasteiger partial charge in [-0.05, 0) is 24.6 Å². The molecule has 1 unspecified atom stereocenters. The lowest BCUT2D eigenvalue weighted by molar-refractivity contribution is -0.130. The van der Waals surface area contributed by atoms with Crippen LogP contribution in [0.25, 0.3) is 0 Å². The fourth-order valence-corrected chi connectivity index (χ4v) is 1.41. The number of carbonyl (C=O) groups is 1. The van der Waals surface area contributed by atoms with Gasteiger partial charge in [0.2, 0.25) is 5.91 Å². The van der Waals surface area contributed by atoms with Crippen LogP contribution >= 0.6 is 0 Å². The van der Waals surface area contributed by atoms with E-state index in [1.165, 1.54) is 17.0 Å². The summed E-state index contributed by atoms with van der Waals surface area (Å²) >= 11 is 0. The average molecular weight is 240 g/mol. The predicted octanol–water partition coefficient (Wildman–Crippen LogP) is 1.10. The summed E-state index contributed by atoms with van der Waals surface area (Å²) in [4.78, 5) is 13.0. The lowest BCUT2D eigenvalue weighted by atomic mass is 10.2. The van der Waals surface area contributed by atoms with Gasteiger partial charge in [0.25, 0.3) is 0 Å². The Morgan fingerprint density at radius 3 is 2.71 bits per heavy atom. The summed E-state index contributed by atoms with van der Waals surface area (Å²) in [5.74, 6) is -1.06. The molecule has 1 aromatic rings. The molecule has 5 heteroatoms. The molecule has 1 aromatic carbocycles. The standard InChI is InChI=1S/C12H17FN2O2/c1-8(12(17)15(2)3)14-7-9-4-5-11(16)10(13)6-9/h4-6,8,14,16H,7H2,1-3H3. The molecule has 0 aliphatic carbocycles. The average Bonchev–Trinajstić information content (AvgIpc) is 2.29. The highest BCUT2D eigenvalue weighted by atomic mass is 19.1. The minimum atomic E-state index is -0.657. The number of phenols is 1. The fraction of sp³-hybridized carbons (Fsp3) is 0.417. The molecule has 1 atom stereocenters. The Morgan fingerprint density at radius 2 is 2.18 bits per heavy atom. The van der Waals surface area contributed by atoms with Gasteiger partial charge in [0.05, 0.1) is 6.04 Å². The summed E-state index contributed by atoms with van der Waals surface area (Å²) < 4.78 is 13.0. The van der Waals surface area contributed by atoms with Crippen LogP contribution in [-0.2, 0) is 11.3 Å². The zero-order chi connectivity index (χ0) is 13.0. The first kappa shape index (κ1) is 13.4. The summed E-state index contributed by atoms with van der Waals surface area (Å²) in [6.07, 6.45) is 0. The Morgan fingerprint density at radius 1 is 1.53 bits per heavy atom. The lowest BCUT2D eigenvalue weighted by Gasteiger charge is -2.18. The van der Waals surface area contributed by atoms with Crippen LogP contribution in [0.1, 0.15) is 12.5 Å². The number of hydrogen-bond acceptors (Lipinski definition) is 3. The zero-order valence-electron chi connectivity index (χ0n) is 10.2. The Balaban J connectivity index is 2.56. The van der Waals surface area contributed by atoms with Crippen molar-refractivity contribution in [1.29, 1.82) is 0 Å². The predicted molar refractivity (Wildman–Crippen MR) is 63.1 cm³/mol. The number of halogens is 1. The molecule has 94 valence electrons. The molecule has 0 aliphatic rings. The van der Waals surface area contributed by atoms with Gasteiger partial charge in [-0.1, -0.05) is 6.07 Å². The monoisotopic (exact) mass is 240 g/mol. The van der Waals surface area contributed by atoms with E-state index < -0.39 is 5.82 Å². The second-order valence-electron chi connectivity index (χ2n) is 4.12. The first-order chi connectivity index (χ1) is 7.91. The van der Waals surface area contributed by atoms with Gasteiger partial charge in [0, 0.05) is 20.6 Å². The highest BCUT2D eigenvalue weighted by Crippen LogP contribution is 2.15. The molecule has 0 bridgehead atoms. The molecule has 17 heavy (non-hydrogen) atoms. The van der Waals surface area contributed by atoms with E-state index in [-0.39, 0.29) is 17.7 Å². The molecule has 0 heterocycles. The van der Waals surface area contributed by atoms with Crippen LogP contribution in [0.2, 0.25) is 0 Å². The van der Waals surface area contributed by atoms with E-state index >= 15 is 0 Å². The summed E-state index contributed by atoms with van der Waals surface area (Å²) in [7, 11) is 3.36. The van der Waals surface area contributed by atoms with E-state index in [2.05, 4.69) is 5.32 Å². The molecule has 0 aromatic heterocycles. The summed E-state index contributed by atoms with van der Waals surface area (Å²) in [5, 5.41) is 12.0. The third kappa shape index (κ3) is 3.71. The maximum atomic E-state index is 13.0. The maximum Gasteiger partial charge on any atom is 0.238 e. The second kappa shape index (κ2) is 5.63. The van der Waals surface area contributed by atoms with Crippen LogP contribution in [0.15, 0.2) is 18.2 Å². The highest BCUT2D eigenvalue weighted by Gasteiger charge is 2.13. The van der Waals surface area contributed by atoms with Gasteiger partial charge >= 0.3 is 0 Å². The third-order valence-electron chi connectivity index (χ3n) is 2.44. The van der Waals surface area contributed by atoms with Crippen LogP contribution in [0.4, 0.5) is 4.39 Å². The fourth-order valence-electron chi connectivity index (χ4n) is 1.41. The SMILES string of the molecule is CC(NCc1ccc(O)c(F)c1)C(=O)N(C)C. The van der Waals surface area contributed by atoms with Crippen LogP contribution in [-0.4, -0.2) is 36.1 Å². The van der Waals surface area contributed by atoms with Crippen molar-refractivity contribution in [3.63, 3.8) is 0 Å². The van der Waals surface area contributed by atoms with Crippen molar-refractivity contribution < 1.29 is 14.3 Å². The van der Waals surface area contributed by atoms with Crippen LogP contribution in [0.5, 0.6) is 5.75 Å². The number of likely N-dealkylation sites (N-methyl/N-ethyl adjacent to an activating group) is 1. The summed E-state index contributed by atoms with van der Waals surface area (Å²) in [6.45, 7) is 2.12. The molecule has 0 fully saturated rings. The largest absolute Gasteiger partial charge is 0.505 e. The third-order valence-corrected chi connectivity index (χ3v) is 2.44. The molecule has 2 N–H and O–H groups in total. The smallest absolute Gasteiger partial charge is 0.238 e. The Hall–Kier alpha value is -1.62. The number of amides is 1. The Kier molecular flexibility index (Phi) is 4.45. The van der Waals surface area contributed by atoms with E-state index in [4.69, 9.17) is 5.11 Å². The lowest BCUT2D eigenvalue weighted by Crippen LogP contribution is -2.41. The summed E-state index contributed by atoms with van der Waals surface area (Å²) in [5.41, 5.74) is 0.679. The number of aromatic hydroxyl groups is 1. The van der Waals surface area contributed by atoms with Crippen LogP contribution in [0.3, 0.4) is 0 Å². The van der Waals surface area contributed by atoms with Gasteiger partial charge in [0.15, 0.2) is 11.6 Å². The van der Waals surface area contributed by atoms with Gasteiger partial charge < -0.3 is 15.3 Å². The van der Waals surface area contributed by atoms with Gasteiger partial charge in [-0.2, -0.15) is 0 Å². The Bertz CT molecular complexity index is 407. The maximum absolute atomic E-state index is 13.0. The molecule has 1 rings (SSSR count). The normalized spacial score (nSPS) is 12.2. The van der Waals surface area contributed by atoms with Crippen molar-refractivity contribution in [2.24, 2.45) is 0 Å². The summed E-state index contributed by atoms with van der Waals surface area (Å²) in [6, 6.07) is 3.82. The number of hydrogen-bond donors (Lipinski definition) is 2. The topological polar surface area (TPSA) is 52.6 Å². The first-order valence-electron chi connectivity index (χ1n) is 5.33. The molecule has 0 spiro atoms. The van der Waals surface area contributed by atoms with E-state index in [1.807, 2.05) is 0 Å². The molecular formula is C12H17FN2O2. The molecule has 0 aliphatic heterocycles. The number of phenolic OH excluding ortho intramolecular Hbond substituents is 1. The van der Waals surface area contributed by atoms with Crippen molar-refractivity contribution in [1.82, 2.24) is 10.2 Å². The number of nitrogens with zero attached hydrogens (tertiary/aromatic N) is 1. The molecule has 0 saturated carbocycles. The van der Waals surface area contributed by atoms with E-state index in [0.717, 1.165) is 0 Å². The molecular weight excluding hydrogens is 223 g/mol. The van der Waals surface area contributed by atoms with Crippen molar-refractivity contribution in [2.45, 2.75) is 19.5 Å². The number of carbonyl (C=O) groups excluding carboxylic acids is 1. The van der Waals surface area contributed by atoms with Crippen LogP contribution < -0.4 is 5.32 Å². The van der Waals surface area contributed by atoms with Gasteiger partial charge in [-0.15, -0.1) is 0 Å². The van der Waals surface area contributed by atoms with E-state index in [9.17, 15) is 9.18 Å². The van der Waals surface area contributed by atoms with Crippen molar-refractivity contribution in [2.75, 3.05) is 14.1 Å². The number of benzene rings is 1. The molecule has 0 saturated heterocycles. The zero-order valence-corrected chi connectivity index (χ0v) is 10.2. The van der Waals surface area contributed by atoms with Gasteiger partial charge in [0.1, 0.15) is 0 Å². The van der Waals surface area contributed by atoms with Crippen molar-refractivity contribution >= 4 is 5.91 Å². The van der Waals surface area contributed by atoms with Crippen molar-refractivity contribution in [3.05, 3.63) is 29.6 Å². The molecule has 4 nitrogen and oxygen atoms in total. The molecule has 0 radical (unpaired) electrons. The molecule has 1 amide bonds.